The fourth-order valence-electron chi connectivity index (χ4n) is 1.84. The first kappa shape index (κ1) is 17.6. The van der Waals surface area contributed by atoms with Crippen LogP contribution in [0, 0.1) is 0 Å². The molecule has 1 unspecified atom stereocenters. The third-order valence-corrected chi connectivity index (χ3v) is 2.84. The van der Waals surface area contributed by atoms with Gasteiger partial charge in [0.05, 0.1) is 12.7 Å². The Bertz CT molecular complexity index is 377. The van der Waals surface area contributed by atoms with Crippen molar-refractivity contribution in [2.45, 2.75) is 51.5 Å². The lowest BCUT2D eigenvalue weighted by Crippen LogP contribution is -2.39. The van der Waals surface area contributed by atoms with Crippen LogP contribution in [0.25, 0.3) is 0 Å². The van der Waals surface area contributed by atoms with E-state index in [1.807, 2.05) is 13.0 Å². The summed E-state index contributed by atoms with van der Waals surface area (Å²) in [5, 5.41) is 0. The molecule has 0 spiro atoms. The van der Waals surface area contributed by atoms with Gasteiger partial charge in [-0.1, -0.05) is 18.2 Å². The van der Waals surface area contributed by atoms with Crippen LogP contribution >= 0.6 is 0 Å². The molecule has 118 valence electrons. The van der Waals surface area contributed by atoms with Gasteiger partial charge in [-0.15, -0.1) is 13.2 Å². The van der Waals surface area contributed by atoms with Gasteiger partial charge in [-0.25, -0.2) is 0 Å². The predicted octanol–water partition coefficient (Wildman–Crippen LogP) is 2.73. The molecule has 0 saturated carbocycles. The Hall–Kier alpha value is -1.43. The number of hydrogen-bond acceptors (Lipinski definition) is 5. The zero-order valence-corrected chi connectivity index (χ0v) is 12.7. The first-order chi connectivity index (χ1) is 10.1. The topological polar surface area (TPSA) is 54.0 Å². The molecule has 0 amide bonds. The Kier molecular flexibility index (Phi) is 7.97. The quantitative estimate of drug-likeness (QED) is 0.283. The fourth-order valence-corrected chi connectivity index (χ4v) is 1.84. The van der Waals surface area contributed by atoms with Gasteiger partial charge in [0, 0.05) is 13.3 Å². The molecular weight excluding hydrogens is 272 g/mol. The van der Waals surface area contributed by atoms with Gasteiger partial charge in [-0.05, 0) is 19.4 Å². The van der Waals surface area contributed by atoms with Crippen LogP contribution in [0.1, 0.15) is 26.7 Å². The van der Waals surface area contributed by atoms with Crippen LogP contribution in [0.3, 0.4) is 0 Å². The molecule has 0 N–H and O–H groups in total. The molecular formula is C16H24O5. The van der Waals surface area contributed by atoms with Gasteiger partial charge in [0.1, 0.15) is 6.10 Å². The molecule has 4 atom stereocenters. The predicted molar refractivity (Wildman–Crippen MR) is 79.5 cm³/mol. The lowest BCUT2D eigenvalue weighted by Gasteiger charge is -2.31. The van der Waals surface area contributed by atoms with Gasteiger partial charge in [0.25, 0.3) is 0 Å². The number of hydrogen-bond donors (Lipinski definition) is 0. The standard InChI is InChI=1S/C16H24O5/c1-5-7-11-18-15-10-9-14(12(3)19-15)21-16(8-6-2)20-13(4)17/h5-6,9-10,12,14-16H,1-2,7-8,11H2,3-4H3/t12-,14-,15-,16?/m0/s1. The van der Waals surface area contributed by atoms with Crippen LogP contribution in [-0.2, 0) is 23.7 Å². The smallest absolute Gasteiger partial charge is 0.304 e. The maximum atomic E-state index is 11.0. The molecule has 0 aliphatic carbocycles. The van der Waals surface area contributed by atoms with E-state index in [9.17, 15) is 4.79 Å². The molecule has 0 fully saturated rings. The summed E-state index contributed by atoms with van der Waals surface area (Å²) in [5.41, 5.74) is 0. The van der Waals surface area contributed by atoms with Gasteiger partial charge < -0.3 is 18.9 Å². The lowest BCUT2D eigenvalue weighted by atomic mass is 10.1. The molecule has 5 heteroatoms. The Morgan fingerprint density at radius 2 is 2.14 bits per heavy atom. The zero-order valence-electron chi connectivity index (χ0n) is 12.7. The Balaban J connectivity index is 2.51. The summed E-state index contributed by atoms with van der Waals surface area (Å²) in [4.78, 5) is 11.0. The van der Waals surface area contributed by atoms with Crippen molar-refractivity contribution in [1.29, 1.82) is 0 Å². The lowest BCUT2D eigenvalue weighted by molar-refractivity contribution is -0.216. The maximum absolute atomic E-state index is 11.0. The largest absolute Gasteiger partial charge is 0.436 e. The Morgan fingerprint density at radius 3 is 2.71 bits per heavy atom. The van der Waals surface area contributed by atoms with E-state index in [0.29, 0.717) is 13.0 Å². The summed E-state index contributed by atoms with van der Waals surface area (Å²) in [5.74, 6) is -0.388. The van der Waals surface area contributed by atoms with Gasteiger partial charge in [-0.3, -0.25) is 4.79 Å². The van der Waals surface area contributed by atoms with Crippen LogP contribution in [-0.4, -0.2) is 37.4 Å². The van der Waals surface area contributed by atoms with E-state index in [-0.39, 0.29) is 24.5 Å². The number of carbonyl (C=O) groups is 1. The molecule has 1 heterocycles. The monoisotopic (exact) mass is 296 g/mol. The van der Waals surface area contributed by atoms with Crippen LogP contribution in [0.2, 0.25) is 0 Å². The van der Waals surface area contributed by atoms with Gasteiger partial charge in [0.2, 0.25) is 6.29 Å². The summed E-state index contributed by atoms with van der Waals surface area (Å²) in [7, 11) is 0. The van der Waals surface area contributed by atoms with E-state index in [2.05, 4.69) is 13.2 Å². The highest BCUT2D eigenvalue weighted by molar-refractivity contribution is 5.66. The first-order valence-corrected chi connectivity index (χ1v) is 7.06. The fraction of sp³-hybridized carbons (Fsp3) is 0.562. The number of esters is 1. The highest BCUT2D eigenvalue weighted by Crippen LogP contribution is 2.19. The summed E-state index contributed by atoms with van der Waals surface area (Å²) >= 11 is 0. The second-order valence-electron chi connectivity index (χ2n) is 4.71. The summed E-state index contributed by atoms with van der Waals surface area (Å²) in [6.07, 6.45) is 6.77. The number of ether oxygens (including phenoxy) is 4. The summed E-state index contributed by atoms with van der Waals surface area (Å²) in [6.45, 7) is 11.1. The van der Waals surface area contributed by atoms with Gasteiger partial charge in [-0.2, -0.15) is 0 Å². The van der Waals surface area contributed by atoms with Crippen molar-refractivity contribution in [3.8, 4) is 0 Å². The van der Waals surface area contributed by atoms with E-state index >= 15 is 0 Å². The van der Waals surface area contributed by atoms with Crippen molar-refractivity contribution in [2.75, 3.05) is 6.61 Å². The highest BCUT2D eigenvalue weighted by Gasteiger charge is 2.27. The van der Waals surface area contributed by atoms with Gasteiger partial charge >= 0.3 is 5.97 Å². The minimum atomic E-state index is -0.654. The third-order valence-electron chi connectivity index (χ3n) is 2.84. The normalized spacial score (nSPS) is 26.1. The second kappa shape index (κ2) is 9.50. The van der Waals surface area contributed by atoms with E-state index in [4.69, 9.17) is 18.9 Å². The van der Waals surface area contributed by atoms with Crippen molar-refractivity contribution < 1.29 is 23.7 Å². The summed E-state index contributed by atoms with van der Waals surface area (Å²) < 4.78 is 22.0. The minimum Gasteiger partial charge on any atom is -0.436 e. The molecule has 0 bridgehead atoms. The number of carbonyl (C=O) groups excluding carboxylic acids is 1. The van der Waals surface area contributed by atoms with Crippen molar-refractivity contribution >= 4 is 5.97 Å². The van der Waals surface area contributed by atoms with Crippen LogP contribution in [0.5, 0.6) is 0 Å². The molecule has 1 aliphatic rings. The van der Waals surface area contributed by atoms with E-state index in [1.54, 1.807) is 18.2 Å². The van der Waals surface area contributed by atoms with Gasteiger partial charge in [0.15, 0.2) is 6.29 Å². The Labute approximate surface area is 126 Å². The van der Waals surface area contributed by atoms with E-state index < -0.39 is 6.29 Å². The van der Waals surface area contributed by atoms with Crippen LogP contribution in [0.4, 0.5) is 0 Å². The molecule has 0 saturated heterocycles. The Morgan fingerprint density at radius 1 is 1.38 bits per heavy atom. The molecule has 1 rings (SSSR count). The average Bonchev–Trinajstić information content (AvgIpc) is 2.41. The second-order valence-corrected chi connectivity index (χ2v) is 4.71. The zero-order chi connectivity index (χ0) is 15.7. The van der Waals surface area contributed by atoms with Crippen molar-refractivity contribution in [1.82, 2.24) is 0 Å². The average molecular weight is 296 g/mol. The molecule has 5 nitrogen and oxygen atoms in total. The molecule has 0 radical (unpaired) electrons. The number of rotatable bonds is 9. The van der Waals surface area contributed by atoms with E-state index in [1.165, 1.54) is 6.92 Å². The minimum absolute atomic E-state index is 0.202. The third kappa shape index (κ3) is 6.71. The summed E-state index contributed by atoms with van der Waals surface area (Å²) in [6, 6.07) is 0. The van der Waals surface area contributed by atoms with E-state index in [0.717, 1.165) is 6.42 Å². The van der Waals surface area contributed by atoms with Crippen molar-refractivity contribution in [3.63, 3.8) is 0 Å². The molecule has 21 heavy (non-hydrogen) atoms. The molecule has 0 aromatic heterocycles. The van der Waals surface area contributed by atoms with Crippen LogP contribution in [0.15, 0.2) is 37.5 Å². The van der Waals surface area contributed by atoms with Crippen LogP contribution < -0.4 is 0 Å². The first-order valence-electron chi connectivity index (χ1n) is 7.06. The maximum Gasteiger partial charge on any atom is 0.304 e. The SMILES string of the molecule is C=CCCO[C@@H]1C=C[C@H](OC(CC=C)OC(C)=O)[C@H](C)O1. The molecule has 1 aliphatic heterocycles. The highest BCUT2D eigenvalue weighted by atomic mass is 16.7. The van der Waals surface area contributed by atoms with Crippen molar-refractivity contribution in [2.24, 2.45) is 0 Å². The molecule has 0 aromatic carbocycles. The van der Waals surface area contributed by atoms with Crippen molar-refractivity contribution in [3.05, 3.63) is 37.5 Å². The molecule has 0 aromatic rings.